The van der Waals surface area contributed by atoms with E-state index in [9.17, 15) is 87.8 Å². The number of benzene rings is 1. The number of alkyl halides is 20. The number of rotatable bonds is 4. The van der Waals surface area contributed by atoms with Gasteiger partial charge in [-0.1, -0.05) is 0 Å². The zero-order valence-corrected chi connectivity index (χ0v) is 16.5. The molecule has 2 nitrogen and oxygen atoms in total. The molecule has 0 unspecified atom stereocenters. The first-order valence-corrected chi connectivity index (χ1v) is 8.23. The zero-order valence-electron chi connectivity index (χ0n) is 16.5. The molecule has 0 spiro atoms. The molecule has 1 aromatic rings. The van der Waals surface area contributed by atoms with Crippen LogP contribution in [0.4, 0.5) is 87.8 Å². The molecular weight excluding hydrogens is 600 g/mol. The topological polar surface area (TPSA) is 47.6 Å². The Morgan fingerprint density at radius 3 is 0.684 bits per heavy atom. The number of nitrogens with zero attached hydrogens (tertiary/aromatic N) is 2. The maximum atomic E-state index is 14.2. The molecule has 0 aromatic heterocycles. The van der Waals surface area contributed by atoms with Crippen molar-refractivity contribution in [2.75, 3.05) is 0 Å². The summed E-state index contributed by atoms with van der Waals surface area (Å²) in [6.45, 7) is 0. The Balaban J connectivity index is 5.15. The van der Waals surface area contributed by atoms with Gasteiger partial charge in [-0.15, -0.1) is 0 Å². The fraction of sp³-hybridized carbons (Fsp3) is 0.500. The van der Waals surface area contributed by atoms with Crippen LogP contribution in [0, 0.1) is 22.7 Å². The Labute approximate surface area is 193 Å². The molecule has 0 amide bonds. The second-order valence-corrected chi connectivity index (χ2v) is 6.76. The molecule has 0 aliphatic rings. The van der Waals surface area contributed by atoms with E-state index in [-0.39, 0.29) is 0 Å². The zero-order chi connectivity index (χ0) is 30.9. The third-order valence-corrected chi connectivity index (χ3v) is 4.40. The van der Waals surface area contributed by atoms with Crippen molar-refractivity contribution in [3.63, 3.8) is 0 Å². The first-order chi connectivity index (χ1) is 16.4. The normalized spacial score (nSPS) is 14.8. The maximum Gasteiger partial charge on any atom is 0.458 e. The van der Waals surface area contributed by atoms with E-state index in [0.29, 0.717) is 0 Å². The lowest BCUT2D eigenvalue weighted by atomic mass is 9.77. The molecule has 214 valence electrons. The fourth-order valence-electron chi connectivity index (χ4n) is 2.80. The molecule has 22 heteroatoms. The van der Waals surface area contributed by atoms with Crippen molar-refractivity contribution in [1.29, 1.82) is 10.5 Å². The summed E-state index contributed by atoms with van der Waals surface area (Å²) in [6.07, 6.45) is -30.6. The van der Waals surface area contributed by atoms with E-state index >= 15 is 0 Å². The first kappa shape index (κ1) is 32.8. The summed E-state index contributed by atoms with van der Waals surface area (Å²) in [4.78, 5) is 0. The largest absolute Gasteiger partial charge is 0.458 e. The van der Waals surface area contributed by atoms with Crippen LogP contribution in [0.1, 0.15) is 33.4 Å². The van der Waals surface area contributed by atoms with Crippen LogP contribution in [0.3, 0.4) is 0 Å². The second-order valence-electron chi connectivity index (χ2n) is 6.76. The van der Waals surface area contributed by atoms with Crippen LogP contribution < -0.4 is 0 Å². The lowest BCUT2D eigenvalue weighted by Gasteiger charge is -2.35. The van der Waals surface area contributed by atoms with Gasteiger partial charge in [-0.3, -0.25) is 0 Å². The molecule has 0 saturated carbocycles. The molecule has 38 heavy (non-hydrogen) atoms. The number of nitriles is 2. The van der Waals surface area contributed by atoms with Crippen LogP contribution in [-0.2, 0) is 23.7 Å². The minimum atomic E-state index is -7.80. The van der Waals surface area contributed by atoms with E-state index in [1.165, 1.54) is 0 Å². The molecule has 1 rings (SSSR count). The summed E-state index contributed by atoms with van der Waals surface area (Å²) < 4.78 is 268. The van der Waals surface area contributed by atoms with Crippen LogP contribution in [0.15, 0.2) is 0 Å². The van der Waals surface area contributed by atoms with E-state index in [0.717, 1.165) is 0 Å². The van der Waals surface area contributed by atoms with Gasteiger partial charge in [0.15, 0.2) is 0 Å². The number of halogens is 20. The second kappa shape index (κ2) is 8.66. The van der Waals surface area contributed by atoms with Gasteiger partial charge in [0.25, 0.3) is 0 Å². The average molecular weight is 600 g/mol. The van der Waals surface area contributed by atoms with Crippen molar-refractivity contribution in [2.24, 2.45) is 0 Å². The van der Waals surface area contributed by atoms with Gasteiger partial charge in [-0.25, -0.2) is 0 Å². The summed E-state index contributed by atoms with van der Waals surface area (Å²) in [6, 6.07) is -0.923. The lowest BCUT2D eigenvalue weighted by Crippen LogP contribution is -2.47. The van der Waals surface area contributed by atoms with Crippen LogP contribution in [0.5, 0.6) is 0 Å². The monoisotopic (exact) mass is 600 g/mol. The summed E-state index contributed by atoms with van der Waals surface area (Å²) in [5, 5.41) is 17.5. The van der Waals surface area contributed by atoms with Gasteiger partial charge >= 0.3 is 48.4 Å². The van der Waals surface area contributed by atoms with Gasteiger partial charge in [-0.05, 0) is 0 Å². The van der Waals surface area contributed by atoms with Gasteiger partial charge in [0.05, 0.1) is 33.4 Å². The fourth-order valence-corrected chi connectivity index (χ4v) is 2.80. The van der Waals surface area contributed by atoms with Gasteiger partial charge in [0.1, 0.15) is 12.1 Å². The summed E-state index contributed by atoms with van der Waals surface area (Å²) in [5.74, 6) is -30.6. The molecule has 0 atom stereocenters. The van der Waals surface area contributed by atoms with Gasteiger partial charge < -0.3 is 0 Å². The third kappa shape index (κ3) is 4.61. The predicted octanol–water partition coefficient (Wildman–Crippen LogP) is 8.05. The Morgan fingerprint density at radius 2 is 0.500 bits per heavy atom. The van der Waals surface area contributed by atoms with Crippen LogP contribution in [0.2, 0.25) is 0 Å². The van der Waals surface area contributed by atoms with E-state index in [1.54, 1.807) is 0 Å². The first-order valence-electron chi connectivity index (χ1n) is 8.23. The minimum Gasteiger partial charge on any atom is -0.192 e. The smallest absolute Gasteiger partial charge is 0.192 e. The van der Waals surface area contributed by atoms with Gasteiger partial charge in [-0.2, -0.15) is 98.3 Å². The minimum absolute atomic E-state index is 0.461. The molecular formula is C16F20N2. The molecule has 0 radical (unpaired) electrons. The van der Waals surface area contributed by atoms with Crippen LogP contribution >= 0.6 is 0 Å². The van der Waals surface area contributed by atoms with Crippen molar-refractivity contribution in [2.45, 2.75) is 48.4 Å². The average Bonchev–Trinajstić information content (AvgIpc) is 2.67. The highest BCUT2D eigenvalue weighted by Gasteiger charge is 2.73. The number of hydrogen-bond donors (Lipinski definition) is 0. The molecule has 0 saturated heterocycles. The van der Waals surface area contributed by atoms with E-state index in [2.05, 4.69) is 0 Å². The Bertz CT molecular complexity index is 1110. The standard InChI is InChI=1S/C16F20N2/c17-9(18,13(25,26)27)5-3(1-37)6(10(19,20)14(28,29)30)8(12(23,24)16(34,35)36)7(4(5)2-38)11(21,22)15(31,32)33. The summed E-state index contributed by atoms with van der Waals surface area (Å²) in [7, 11) is 0. The highest BCUT2D eigenvalue weighted by molar-refractivity contribution is 5.66. The molecule has 0 fully saturated rings. The molecule has 0 aliphatic heterocycles. The van der Waals surface area contributed by atoms with E-state index in [1.807, 2.05) is 0 Å². The number of hydrogen-bond acceptors (Lipinski definition) is 2. The third-order valence-electron chi connectivity index (χ3n) is 4.40. The molecule has 0 bridgehead atoms. The maximum absolute atomic E-state index is 14.2. The summed E-state index contributed by atoms with van der Waals surface area (Å²) in [5.41, 5.74) is -26.4. The van der Waals surface area contributed by atoms with Crippen molar-refractivity contribution < 1.29 is 87.8 Å². The Hall–Kier alpha value is -3.20. The predicted molar refractivity (Wildman–Crippen MR) is 75.7 cm³/mol. The van der Waals surface area contributed by atoms with Gasteiger partial charge in [0, 0.05) is 0 Å². The van der Waals surface area contributed by atoms with E-state index < -0.39 is 93.9 Å². The van der Waals surface area contributed by atoms with Crippen molar-refractivity contribution in [3.05, 3.63) is 33.4 Å². The highest BCUT2D eigenvalue weighted by Crippen LogP contribution is 2.61. The Kier molecular flexibility index (Phi) is 7.48. The van der Waals surface area contributed by atoms with Crippen molar-refractivity contribution in [3.8, 4) is 12.1 Å². The van der Waals surface area contributed by atoms with E-state index in [4.69, 9.17) is 10.5 Å². The van der Waals surface area contributed by atoms with Crippen molar-refractivity contribution in [1.82, 2.24) is 0 Å². The SMILES string of the molecule is N#Cc1c(C(F)(F)C(F)(F)F)c(C#N)c(C(F)(F)C(F)(F)F)c(C(F)(F)C(F)(F)F)c1C(F)(F)C(F)(F)F. The molecule has 1 aromatic carbocycles. The van der Waals surface area contributed by atoms with Crippen LogP contribution in [-0.4, -0.2) is 24.7 Å². The summed E-state index contributed by atoms with van der Waals surface area (Å²) >= 11 is 0. The van der Waals surface area contributed by atoms with Crippen molar-refractivity contribution >= 4 is 0 Å². The van der Waals surface area contributed by atoms with Crippen LogP contribution in [0.25, 0.3) is 0 Å². The lowest BCUT2D eigenvalue weighted by molar-refractivity contribution is -0.309. The molecule has 0 N–H and O–H groups in total. The quantitative estimate of drug-likeness (QED) is 0.329. The van der Waals surface area contributed by atoms with Gasteiger partial charge in [0.2, 0.25) is 0 Å². The molecule has 0 aliphatic carbocycles. The molecule has 0 heterocycles. The highest BCUT2D eigenvalue weighted by atomic mass is 19.4. The Morgan fingerprint density at radius 1 is 0.316 bits per heavy atom.